The predicted molar refractivity (Wildman–Crippen MR) is 69.8 cm³/mol. The lowest BCUT2D eigenvalue weighted by molar-refractivity contribution is -0.137. The van der Waals surface area contributed by atoms with E-state index in [1.807, 2.05) is 39.1 Å². The van der Waals surface area contributed by atoms with Crippen LogP contribution >= 0.6 is 0 Å². The SMILES string of the molecule is Cc1cccc(N(C)CC(=O)NCC(=O)O)c1C. The lowest BCUT2D eigenvalue weighted by atomic mass is 10.1. The molecule has 0 aliphatic carbocycles. The van der Waals surface area contributed by atoms with Gasteiger partial charge in [-0.2, -0.15) is 0 Å². The molecule has 0 saturated carbocycles. The first kappa shape index (κ1) is 14.0. The van der Waals surface area contributed by atoms with Gasteiger partial charge < -0.3 is 15.3 Å². The van der Waals surface area contributed by atoms with Crippen molar-refractivity contribution < 1.29 is 14.7 Å². The van der Waals surface area contributed by atoms with E-state index in [4.69, 9.17) is 5.11 Å². The molecule has 0 fully saturated rings. The van der Waals surface area contributed by atoms with E-state index in [0.717, 1.165) is 16.8 Å². The topological polar surface area (TPSA) is 69.6 Å². The van der Waals surface area contributed by atoms with Crippen molar-refractivity contribution in [2.45, 2.75) is 13.8 Å². The molecule has 0 spiro atoms. The van der Waals surface area contributed by atoms with Crippen molar-refractivity contribution in [2.24, 2.45) is 0 Å². The van der Waals surface area contributed by atoms with E-state index in [-0.39, 0.29) is 19.0 Å². The molecule has 0 aliphatic heterocycles. The number of hydrogen-bond donors (Lipinski definition) is 2. The molecular weight excluding hydrogens is 232 g/mol. The van der Waals surface area contributed by atoms with Crippen LogP contribution in [0.3, 0.4) is 0 Å². The zero-order valence-electron chi connectivity index (χ0n) is 10.9. The minimum atomic E-state index is -1.04. The van der Waals surface area contributed by atoms with Crippen LogP contribution in [0.5, 0.6) is 0 Å². The van der Waals surface area contributed by atoms with Gasteiger partial charge in [-0.05, 0) is 31.0 Å². The number of carboxylic acid groups (broad SMARTS) is 1. The molecular formula is C13H18N2O3. The molecule has 0 atom stereocenters. The summed E-state index contributed by atoms with van der Waals surface area (Å²) < 4.78 is 0. The Hall–Kier alpha value is -2.04. The highest BCUT2D eigenvalue weighted by atomic mass is 16.4. The third kappa shape index (κ3) is 3.76. The van der Waals surface area contributed by atoms with E-state index < -0.39 is 5.97 Å². The van der Waals surface area contributed by atoms with Crippen LogP contribution in [-0.4, -0.2) is 37.1 Å². The molecule has 18 heavy (non-hydrogen) atoms. The van der Waals surface area contributed by atoms with Crippen LogP contribution in [0.2, 0.25) is 0 Å². The summed E-state index contributed by atoms with van der Waals surface area (Å²) >= 11 is 0. The maximum atomic E-state index is 11.5. The Morgan fingerprint density at radius 2 is 2.00 bits per heavy atom. The van der Waals surface area contributed by atoms with Crippen molar-refractivity contribution in [3.8, 4) is 0 Å². The number of likely N-dealkylation sites (N-methyl/N-ethyl adjacent to an activating group) is 1. The molecule has 0 aliphatic rings. The van der Waals surface area contributed by atoms with Crippen LogP contribution in [-0.2, 0) is 9.59 Å². The number of amides is 1. The molecule has 1 rings (SSSR count). The molecule has 0 saturated heterocycles. The van der Waals surface area contributed by atoms with Gasteiger partial charge in [0, 0.05) is 12.7 Å². The first-order chi connectivity index (χ1) is 8.41. The molecule has 1 amide bonds. The van der Waals surface area contributed by atoms with Gasteiger partial charge in [-0.15, -0.1) is 0 Å². The number of benzene rings is 1. The maximum Gasteiger partial charge on any atom is 0.322 e. The molecule has 0 radical (unpaired) electrons. The molecule has 5 heteroatoms. The van der Waals surface area contributed by atoms with Crippen LogP contribution in [0.4, 0.5) is 5.69 Å². The van der Waals surface area contributed by atoms with Gasteiger partial charge in [-0.25, -0.2) is 0 Å². The number of aryl methyl sites for hydroxylation is 1. The Bertz CT molecular complexity index is 458. The molecule has 1 aromatic carbocycles. The Labute approximate surface area is 106 Å². The van der Waals surface area contributed by atoms with E-state index >= 15 is 0 Å². The van der Waals surface area contributed by atoms with E-state index in [0.29, 0.717) is 0 Å². The van der Waals surface area contributed by atoms with Crippen LogP contribution in [0.1, 0.15) is 11.1 Å². The van der Waals surface area contributed by atoms with Gasteiger partial charge in [-0.3, -0.25) is 9.59 Å². The van der Waals surface area contributed by atoms with Gasteiger partial charge in [0.05, 0.1) is 6.54 Å². The third-order valence-electron chi connectivity index (χ3n) is 2.80. The number of carbonyl (C=O) groups excluding carboxylic acids is 1. The zero-order valence-corrected chi connectivity index (χ0v) is 10.9. The number of hydrogen-bond acceptors (Lipinski definition) is 3. The smallest absolute Gasteiger partial charge is 0.322 e. The molecule has 2 N–H and O–H groups in total. The van der Waals surface area contributed by atoms with Gasteiger partial charge >= 0.3 is 5.97 Å². The average Bonchev–Trinajstić information content (AvgIpc) is 2.30. The van der Waals surface area contributed by atoms with Gasteiger partial charge in [0.25, 0.3) is 0 Å². The van der Waals surface area contributed by atoms with Crippen molar-refractivity contribution in [1.29, 1.82) is 0 Å². The van der Waals surface area contributed by atoms with Crippen molar-refractivity contribution in [1.82, 2.24) is 5.32 Å². The first-order valence-electron chi connectivity index (χ1n) is 5.67. The van der Waals surface area contributed by atoms with Crippen molar-refractivity contribution in [3.63, 3.8) is 0 Å². The molecule has 1 aromatic rings. The van der Waals surface area contributed by atoms with Gasteiger partial charge in [0.2, 0.25) is 5.91 Å². The van der Waals surface area contributed by atoms with Gasteiger partial charge in [0.15, 0.2) is 0 Å². The normalized spacial score (nSPS) is 9.94. The number of aliphatic carboxylic acids is 1. The van der Waals surface area contributed by atoms with E-state index in [9.17, 15) is 9.59 Å². The standard InChI is InChI=1S/C13H18N2O3/c1-9-5-4-6-11(10(9)2)15(3)8-12(16)14-7-13(17)18/h4-6H,7-8H2,1-3H3,(H,14,16)(H,17,18). The first-order valence-corrected chi connectivity index (χ1v) is 5.67. The molecule has 98 valence electrons. The molecule has 5 nitrogen and oxygen atoms in total. The lowest BCUT2D eigenvalue weighted by Crippen LogP contribution is -2.37. The fraction of sp³-hybridized carbons (Fsp3) is 0.385. The second-order valence-corrected chi connectivity index (χ2v) is 4.25. The lowest BCUT2D eigenvalue weighted by Gasteiger charge is -2.21. The largest absolute Gasteiger partial charge is 0.480 e. The summed E-state index contributed by atoms with van der Waals surface area (Å²) in [7, 11) is 1.81. The van der Waals surface area contributed by atoms with Crippen LogP contribution < -0.4 is 10.2 Å². The average molecular weight is 250 g/mol. The number of nitrogens with zero attached hydrogens (tertiary/aromatic N) is 1. The minimum absolute atomic E-state index is 0.136. The van der Waals surface area contributed by atoms with Gasteiger partial charge in [0.1, 0.15) is 6.54 Å². The fourth-order valence-corrected chi connectivity index (χ4v) is 1.68. The summed E-state index contributed by atoms with van der Waals surface area (Å²) in [5.41, 5.74) is 3.25. The van der Waals surface area contributed by atoms with Crippen molar-refractivity contribution in [2.75, 3.05) is 25.0 Å². The highest BCUT2D eigenvalue weighted by Gasteiger charge is 2.10. The van der Waals surface area contributed by atoms with Crippen LogP contribution in [0, 0.1) is 13.8 Å². The molecule has 0 bridgehead atoms. The predicted octanol–water partition coefficient (Wildman–Crippen LogP) is 0.940. The minimum Gasteiger partial charge on any atom is -0.480 e. The van der Waals surface area contributed by atoms with Crippen LogP contribution in [0.25, 0.3) is 0 Å². The number of carboxylic acids is 1. The molecule has 0 heterocycles. The summed E-state index contributed by atoms with van der Waals surface area (Å²) in [4.78, 5) is 23.6. The maximum absolute atomic E-state index is 11.5. The number of nitrogens with one attached hydrogen (secondary N) is 1. The number of carbonyl (C=O) groups is 2. The quantitative estimate of drug-likeness (QED) is 0.816. The van der Waals surface area contributed by atoms with Crippen molar-refractivity contribution >= 4 is 17.6 Å². The third-order valence-corrected chi connectivity index (χ3v) is 2.80. The summed E-state index contributed by atoms with van der Waals surface area (Å²) in [6.07, 6.45) is 0. The number of anilines is 1. The summed E-state index contributed by atoms with van der Waals surface area (Å²) in [6, 6.07) is 5.88. The molecule has 0 unspecified atom stereocenters. The summed E-state index contributed by atoms with van der Waals surface area (Å²) in [5.74, 6) is -1.35. The Morgan fingerprint density at radius 3 is 2.61 bits per heavy atom. The highest BCUT2D eigenvalue weighted by Crippen LogP contribution is 2.21. The second kappa shape index (κ2) is 6.05. The summed E-state index contributed by atoms with van der Waals surface area (Å²) in [6.45, 7) is 3.80. The van der Waals surface area contributed by atoms with Gasteiger partial charge in [-0.1, -0.05) is 12.1 Å². The van der Waals surface area contributed by atoms with E-state index in [1.165, 1.54) is 0 Å². The highest BCUT2D eigenvalue weighted by molar-refractivity contribution is 5.84. The van der Waals surface area contributed by atoms with Crippen LogP contribution in [0.15, 0.2) is 18.2 Å². The number of rotatable bonds is 5. The zero-order chi connectivity index (χ0) is 13.7. The Kier molecular flexibility index (Phi) is 4.71. The van der Waals surface area contributed by atoms with E-state index in [2.05, 4.69) is 5.32 Å². The Balaban J connectivity index is 2.65. The Morgan fingerprint density at radius 1 is 1.33 bits per heavy atom. The fourth-order valence-electron chi connectivity index (χ4n) is 1.68. The second-order valence-electron chi connectivity index (χ2n) is 4.25. The van der Waals surface area contributed by atoms with E-state index in [1.54, 1.807) is 4.90 Å². The monoisotopic (exact) mass is 250 g/mol. The summed E-state index contributed by atoms with van der Waals surface area (Å²) in [5, 5.41) is 10.8. The molecule has 0 aromatic heterocycles. The van der Waals surface area contributed by atoms with Crippen molar-refractivity contribution in [3.05, 3.63) is 29.3 Å².